The van der Waals surface area contributed by atoms with Gasteiger partial charge in [0.15, 0.2) is 5.82 Å². The maximum absolute atomic E-state index is 12.9. The van der Waals surface area contributed by atoms with Crippen molar-refractivity contribution in [2.75, 3.05) is 17.2 Å². The normalized spacial score (nSPS) is 11.2. The highest BCUT2D eigenvalue weighted by Crippen LogP contribution is 2.35. The van der Waals surface area contributed by atoms with Gasteiger partial charge >= 0.3 is 6.18 Å². The van der Waals surface area contributed by atoms with Gasteiger partial charge in [0.05, 0.1) is 17.4 Å². The average molecular weight is 297 g/mol. The molecule has 0 spiro atoms. The molecule has 112 valence electrons. The van der Waals surface area contributed by atoms with Crippen LogP contribution in [0, 0.1) is 0 Å². The van der Waals surface area contributed by atoms with Gasteiger partial charge in [-0.1, -0.05) is 19.1 Å². The van der Waals surface area contributed by atoms with Gasteiger partial charge in [-0.05, 0) is 18.6 Å². The van der Waals surface area contributed by atoms with E-state index in [0.717, 1.165) is 12.5 Å². The fourth-order valence-corrected chi connectivity index (χ4v) is 1.65. The van der Waals surface area contributed by atoms with Crippen molar-refractivity contribution in [1.82, 2.24) is 15.2 Å². The third-order valence-electron chi connectivity index (χ3n) is 2.59. The fraction of sp³-hybridized carbons (Fsp3) is 0.308. The van der Waals surface area contributed by atoms with Crippen molar-refractivity contribution in [2.45, 2.75) is 19.5 Å². The Morgan fingerprint density at radius 1 is 1.19 bits per heavy atom. The van der Waals surface area contributed by atoms with E-state index in [2.05, 4.69) is 25.8 Å². The van der Waals surface area contributed by atoms with Gasteiger partial charge in [-0.15, -0.1) is 5.10 Å². The zero-order chi connectivity index (χ0) is 15.3. The van der Waals surface area contributed by atoms with Gasteiger partial charge < -0.3 is 10.6 Å². The molecule has 0 aliphatic heterocycles. The van der Waals surface area contributed by atoms with Gasteiger partial charge in [-0.2, -0.15) is 23.3 Å². The Kier molecular flexibility index (Phi) is 4.56. The van der Waals surface area contributed by atoms with Crippen molar-refractivity contribution in [3.8, 4) is 0 Å². The number of aromatic nitrogens is 3. The third kappa shape index (κ3) is 4.04. The van der Waals surface area contributed by atoms with Crippen LogP contribution in [0.15, 0.2) is 30.5 Å². The lowest BCUT2D eigenvalue weighted by Gasteiger charge is -2.13. The smallest absolute Gasteiger partial charge is 0.353 e. The van der Waals surface area contributed by atoms with E-state index in [-0.39, 0.29) is 17.5 Å². The molecule has 8 heteroatoms. The first kappa shape index (κ1) is 15.0. The van der Waals surface area contributed by atoms with Crippen molar-refractivity contribution < 1.29 is 13.2 Å². The van der Waals surface area contributed by atoms with Crippen molar-refractivity contribution in [2.24, 2.45) is 0 Å². The Balaban J connectivity index is 2.23. The molecule has 2 rings (SSSR count). The van der Waals surface area contributed by atoms with Gasteiger partial charge in [-0.3, -0.25) is 0 Å². The summed E-state index contributed by atoms with van der Waals surface area (Å²) in [7, 11) is 0. The lowest BCUT2D eigenvalue weighted by atomic mass is 10.1. The van der Waals surface area contributed by atoms with Crippen LogP contribution in [0.4, 0.5) is 30.6 Å². The minimum atomic E-state index is -4.44. The van der Waals surface area contributed by atoms with Crippen molar-refractivity contribution in [1.29, 1.82) is 0 Å². The number of anilines is 3. The summed E-state index contributed by atoms with van der Waals surface area (Å²) in [6, 6.07) is 5.19. The summed E-state index contributed by atoms with van der Waals surface area (Å²) in [6.07, 6.45) is -2.30. The van der Waals surface area contributed by atoms with E-state index in [4.69, 9.17) is 0 Å². The first-order chi connectivity index (χ1) is 10.0. The molecule has 1 aromatic heterocycles. The summed E-state index contributed by atoms with van der Waals surface area (Å²) < 4.78 is 38.7. The number of hydrogen-bond acceptors (Lipinski definition) is 5. The first-order valence-electron chi connectivity index (χ1n) is 6.37. The average Bonchev–Trinajstić information content (AvgIpc) is 2.45. The molecule has 0 aliphatic rings. The second-order valence-corrected chi connectivity index (χ2v) is 4.26. The monoisotopic (exact) mass is 297 g/mol. The molecule has 0 saturated heterocycles. The van der Waals surface area contributed by atoms with E-state index in [1.807, 2.05) is 6.92 Å². The van der Waals surface area contributed by atoms with Gasteiger partial charge in [0, 0.05) is 6.54 Å². The van der Waals surface area contributed by atoms with Gasteiger partial charge in [-0.25, -0.2) is 0 Å². The maximum atomic E-state index is 12.9. The number of alkyl halides is 3. The van der Waals surface area contributed by atoms with Crippen molar-refractivity contribution >= 4 is 17.5 Å². The van der Waals surface area contributed by atoms with Crippen LogP contribution in [0.5, 0.6) is 0 Å². The summed E-state index contributed by atoms with van der Waals surface area (Å²) in [4.78, 5) is 4.07. The molecule has 5 nitrogen and oxygen atoms in total. The number of rotatable bonds is 5. The highest BCUT2D eigenvalue weighted by Gasteiger charge is 2.33. The summed E-state index contributed by atoms with van der Waals surface area (Å²) in [5.41, 5.74) is -0.835. The van der Waals surface area contributed by atoms with Crippen molar-refractivity contribution in [3.05, 3.63) is 36.0 Å². The van der Waals surface area contributed by atoms with E-state index < -0.39 is 11.7 Å². The lowest BCUT2D eigenvalue weighted by molar-refractivity contribution is -0.136. The number of benzene rings is 1. The topological polar surface area (TPSA) is 62.7 Å². The van der Waals surface area contributed by atoms with Crippen LogP contribution < -0.4 is 10.6 Å². The standard InChI is InChI=1S/C13H14F3N5/c1-2-7-17-12-20-11(8-18-21-12)19-10-6-4-3-5-9(10)13(14,15)16/h3-6,8H,2,7H2,1H3,(H2,17,19,20,21). The number of nitrogens with zero attached hydrogens (tertiary/aromatic N) is 3. The highest BCUT2D eigenvalue weighted by atomic mass is 19.4. The summed E-state index contributed by atoms with van der Waals surface area (Å²) in [5, 5.41) is 13.0. The Hall–Kier alpha value is -2.38. The molecule has 1 heterocycles. The van der Waals surface area contributed by atoms with Gasteiger partial charge in [0.25, 0.3) is 0 Å². The number of nitrogens with one attached hydrogen (secondary N) is 2. The SMILES string of the molecule is CCCNc1nncc(Nc2ccccc2C(F)(F)F)n1. The molecule has 2 N–H and O–H groups in total. The van der Waals surface area contributed by atoms with Crippen LogP contribution in [-0.2, 0) is 6.18 Å². The summed E-state index contributed by atoms with van der Waals surface area (Å²) in [5.74, 6) is 0.464. The molecule has 1 aromatic carbocycles. The predicted molar refractivity (Wildman–Crippen MR) is 73.3 cm³/mol. The van der Waals surface area contributed by atoms with Crippen LogP contribution in [0.2, 0.25) is 0 Å². The Labute approximate surface area is 119 Å². The Bertz CT molecular complexity index is 600. The second kappa shape index (κ2) is 6.38. The molecule has 0 atom stereocenters. The molecule has 0 bridgehead atoms. The third-order valence-corrected chi connectivity index (χ3v) is 2.59. The van der Waals surface area contributed by atoms with Crippen LogP contribution >= 0.6 is 0 Å². The molecule has 0 unspecified atom stereocenters. The summed E-state index contributed by atoms with van der Waals surface area (Å²) in [6.45, 7) is 2.63. The number of halogens is 3. The lowest BCUT2D eigenvalue weighted by Crippen LogP contribution is -2.10. The van der Waals surface area contributed by atoms with Crippen LogP contribution in [0.25, 0.3) is 0 Å². The van der Waals surface area contributed by atoms with E-state index in [1.165, 1.54) is 24.4 Å². The highest BCUT2D eigenvalue weighted by molar-refractivity contribution is 5.61. The molecule has 21 heavy (non-hydrogen) atoms. The van der Waals surface area contributed by atoms with E-state index in [9.17, 15) is 13.2 Å². The Morgan fingerprint density at radius 3 is 2.67 bits per heavy atom. The molecule has 0 fully saturated rings. The van der Waals surface area contributed by atoms with Gasteiger partial charge in [0.2, 0.25) is 5.95 Å². The quantitative estimate of drug-likeness (QED) is 0.885. The predicted octanol–water partition coefficient (Wildman–Crippen LogP) is 3.46. The van der Waals surface area contributed by atoms with Crippen molar-refractivity contribution in [3.63, 3.8) is 0 Å². The van der Waals surface area contributed by atoms with Crippen LogP contribution in [-0.4, -0.2) is 21.7 Å². The minimum Gasteiger partial charge on any atom is -0.353 e. The second-order valence-electron chi connectivity index (χ2n) is 4.26. The molecule has 0 saturated carbocycles. The Morgan fingerprint density at radius 2 is 1.95 bits per heavy atom. The summed E-state index contributed by atoms with van der Waals surface area (Å²) >= 11 is 0. The molecule has 0 radical (unpaired) electrons. The molecule has 0 amide bonds. The number of para-hydroxylation sites is 1. The minimum absolute atomic E-state index is 0.0769. The molecule has 2 aromatic rings. The van der Waals surface area contributed by atoms with E-state index in [1.54, 1.807) is 0 Å². The zero-order valence-corrected chi connectivity index (χ0v) is 11.3. The van der Waals surface area contributed by atoms with Crippen LogP contribution in [0.1, 0.15) is 18.9 Å². The van der Waals surface area contributed by atoms with E-state index >= 15 is 0 Å². The van der Waals surface area contributed by atoms with Crippen LogP contribution in [0.3, 0.4) is 0 Å². The zero-order valence-electron chi connectivity index (χ0n) is 11.3. The molecular weight excluding hydrogens is 283 g/mol. The number of hydrogen-bond donors (Lipinski definition) is 2. The maximum Gasteiger partial charge on any atom is 0.418 e. The molecular formula is C13H14F3N5. The molecule has 0 aliphatic carbocycles. The fourth-order valence-electron chi connectivity index (χ4n) is 1.65. The van der Waals surface area contributed by atoms with E-state index in [0.29, 0.717) is 6.54 Å². The van der Waals surface area contributed by atoms with Gasteiger partial charge in [0.1, 0.15) is 0 Å². The first-order valence-corrected chi connectivity index (χ1v) is 6.37. The largest absolute Gasteiger partial charge is 0.418 e.